The number of rotatable bonds is 5. The van der Waals surface area contributed by atoms with E-state index in [1.807, 2.05) is 0 Å². The molecule has 3 rings (SSSR count). The predicted octanol–water partition coefficient (Wildman–Crippen LogP) is 3.17. The number of hydrogen-bond acceptors (Lipinski definition) is 5. The number of aromatic amines is 1. The van der Waals surface area contributed by atoms with Gasteiger partial charge in [-0.05, 0) is 17.7 Å². The van der Waals surface area contributed by atoms with Gasteiger partial charge >= 0.3 is 6.18 Å². The highest BCUT2D eigenvalue weighted by Gasteiger charge is 2.31. The Morgan fingerprint density at radius 3 is 2.88 bits per heavy atom. The third-order valence-electron chi connectivity index (χ3n) is 3.51. The zero-order valence-electron chi connectivity index (χ0n) is 12.6. The first kappa shape index (κ1) is 16.2. The van der Waals surface area contributed by atoms with Gasteiger partial charge in [0, 0.05) is 7.11 Å². The highest BCUT2D eigenvalue weighted by atomic mass is 19.4. The summed E-state index contributed by atoms with van der Waals surface area (Å²) in [5.41, 5.74) is 0.272. The quantitative estimate of drug-likeness (QED) is 0.748. The van der Waals surface area contributed by atoms with Gasteiger partial charge in [0.05, 0.1) is 29.8 Å². The van der Waals surface area contributed by atoms with E-state index >= 15 is 0 Å². The molecule has 0 spiro atoms. The van der Waals surface area contributed by atoms with Crippen LogP contribution in [-0.4, -0.2) is 33.9 Å². The summed E-state index contributed by atoms with van der Waals surface area (Å²) in [6, 6.07) is 4.61. The molecule has 2 aromatic heterocycles. The van der Waals surface area contributed by atoms with Crippen LogP contribution in [0.3, 0.4) is 0 Å². The van der Waals surface area contributed by atoms with Crippen molar-refractivity contribution in [1.82, 2.24) is 20.2 Å². The van der Waals surface area contributed by atoms with Gasteiger partial charge in [-0.3, -0.25) is 5.10 Å². The van der Waals surface area contributed by atoms with Crippen molar-refractivity contribution < 1.29 is 17.9 Å². The lowest BCUT2D eigenvalue weighted by molar-refractivity contribution is -0.137. The van der Waals surface area contributed by atoms with Gasteiger partial charge in [-0.25, -0.2) is 9.97 Å². The standard InChI is InChI=1S/C15H14F3N5O/c1-24-7-12(9-3-2-4-10(5-9)15(16,17)18)22-13-11-6-21-23-14(11)20-8-19-13/h2-6,8,12H,7H2,1H3,(H2,19,20,21,22,23)/t12-/m1/s1. The fraction of sp³-hybridized carbons (Fsp3) is 0.267. The number of nitrogens with zero attached hydrogens (tertiary/aromatic N) is 3. The van der Waals surface area contributed by atoms with Gasteiger partial charge in [-0.15, -0.1) is 0 Å². The molecule has 0 aliphatic rings. The minimum Gasteiger partial charge on any atom is -0.382 e. The van der Waals surface area contributed by atoms with E-state index in [-0.39, 0.29) is 6.61 Å². The van der Waals surface area contributed by atoms with Crippen LogP contribution in [0.1, 0.15) is 17.2 Å². The minimum absolute atomic E-state index is 0.171. The van der Waals surface area contributed by atoms with Crippen LogP contribution in [0, 0.1) is 0 Å². The molecular formula is C15H14F3N5O. The Hall–Kier alpha value is -2.68. The molecule has 2 N–H and O–H groups in total. The lowest BCUT2D eigenvalue weighted by Gasteiger charge is -2.20. The summed E-state index contributed by atoms with van der Waals surface area (Å²) in [5, 5.41) is 10.3. The molecule has 0 aliphatic carbocycles. The Morgan fingerprint density at radius 1 is 1.29 bits per heavy atom. The van der Waals surface area contributed by atoms with Crippen LogP contribution in [-0.2, 0) is 10.9 Å². The van der Waals surface area contributed by atoms with Crippen molar-refractivity contribution in [1.29, 1.82) is 0 Å². The van der Waals surface area contributed by atoms with Crippen molar-refractivity contribution in [3.63, 3.8) is 0 Å². The second-order valence-electron chi connectivity index (χ2n) is 5.13. The Morgan fingerprint density at radius 2 is 2.12 bits per heavy atom. The molecule has 9 heteroatoms. The maximum absolute atomic E-state index is 12.9. The molecule has 0 saturated heterocycles. The smallest absolute Gasteiger partial charge is 0.382 e. The number of nitrogens with one attached hydrogen (secondary N) is 2. The molecule has 6 nitrogen and oxygen atoms in total. The monoisotopic (exact) mass is 337 g/mol. The number of ether oxygens (including phenoxy) is 1. The number of aromatic nitrogens is 4. The summed E-state index contributed by atoms with van der Waals surface area (Å²) in [5.74, 6) is 0.466. The Labute approximate surface area is 135 Å². The van der Waals surface area contributed by atoms with Gasteiger partial charge in [-0.2, -0.15) is 18.3 Å². The Kier molecular flexibility index (Phi) is 4.34. The molecule has 3 aromatic rings. The van der Waals surface area contributed by atoms with E-state index in [9.17, 15) is 13.2 Å². The van der Waals surface area contributed by atoms with Crippen LogP contribution in [0.2, 0.25) is 0 Å². The number of fused-ring (bicyclic) bond motifs is 1. The summed E-state index contributed by atoms with van der Waals surface area (Å²) in [6.07, 6.45) is -1.51. The van der Waals surface area contributed by atoms with Gasteiger partial charge in [0.15, 0.2) is 5.65 Å². The fourth-order valence-electron chi connectivity index (χ4n) is 2.36. The largest absolute Gasteiger partial charge is 0.416 e. The first-order chi connectivity index (χ1) is 11.5. The Bertz CT molecular complexity index is 833. The van der Waals surface area contributed by atoms with Crippen LogP contribution in [0.15, 0.2) is 36.8 Å². The van der Waals surface area contributed by atoms with Crippen LogP contribution in [0.5, 0.6) is 0 Å². The molecule has 1 aromatic carbocycles. The first-order valence-electron chi connectivity index (χ1n) is 7.05. The maximum atomic E-state index is 12.9. The fourth-order valence-corrected chi connectivity index (χ4v) is 2.36. The molecule has 2 heterocycles. The van der Waals surface area contributed by atoms with Crippen LogP contribution >= 0.6 is 0 Å². The molecule has 0 saturated carbocycles. The van der Waals surface area contributed by atoms with Gasteiger partial charge < -0.3 is 10.1 Å². The third kappa shape index (κ3) is 3.30. The zero-order valence-corrected chi connectivity index (χ0v) is 12.6. The molecule has 0 radical (unpaired) electrons. The molecule has 126 valence electrons. The number of anilines is 1. The third-order valence-corrected chi connectivity index (χ3v) is 3.51. The Balaban J connectivity index is 1.94. The van der Waals surface area contributed by atoms with E-state index in [1.54, 1.807) is 12.3 Å². The summed E-state index contributed by atoms with van der Waals surface area (Å²) in [6.45, 7) is 0.171. The number of alkyl halides is 3. The molecule has 0 unspecified atom stereocenters. The predicted molar refractivity (Wildman–Crippen MR) is 81.4 cm³/mol. The van der Waals surface area contributed by atoms with E-state index in [4.69, 9.17) is 4.74 Å². The average molecular weight is 337 g/mol. The number of methoxy groups -OCH3 is 1. The van der Waals surface area contributed by atoms with Crippen molar-refractivity contribution in [2.24, 2.45) is 0 Å². The van der Waals surface area contributed by atoms with E-state index in [2.05, 4.69) is 25.5 Å². The number of benzene rings is 1. The maximum Gasteiger partial charge on any atom is 0.416 e. The second-order valence-corrected chi connectivity index (χ2v) is 5.13. The number of hydrogen-bond donors (Lipinski definition) is 2. The lowest BCUT2D eigenvalue weighted by Crippen LogP contribution is -2.18. The second kappa shape index (κ2) is 6.44. The normalized spacial score (nSPS) is 13.2. The van der Waals surface area contributed by atoms with E-state index in [1.165, 1.54) is 19.5 Å². The van der Waals surface area contributed by atoms with E-state index in [0.29, 0.717) is 22.4 Å². The van der Waals surface area contributed by atoms with E-state index in [0.717, 1.165) is 12.1 Å². The zero-order chi connectivity index (χ0) is 17.2. The lowest BCUT2D eigenvalue weighted by atomic mass is 10.0. The molecular weight excluding hydrogens is 323 g/mol. The van der Waals surface area contributed by atoms with Gasteiger partial charge in [-0.1, -0.05) is 12.1 Å². The average Bonchev–Trinajstić information content (AvgIpc) is 3.03. The molecule has 24 heavy (non-hydrogen) atoms. The van der Waals surface area contributed by atoms with Crippen LogP contribution in [0.4, 0.5) is 19.0 Å². The van der Waals surface area contributed by atoms with Crippen molar-refractivity contribution in [3.8, 4) is 0 Å². The van der Waals surface area contributed by atoms with Crippen molar-refractivity contribution >= 4 is 16.9 Å². The summed E-state index contributed by atoms with van der Waals surface area (Å²) >= 11 is 0. The summed E-state index contributed by atoms with van der Waals surface area (Å²) in [7, 11) is 1.48. The van der Waals surface area contributed by atoms with Crippen LogP contribution < -0.4 is 5.32 Å². The van der Waals surface area contributed by atoms with Crippen LogP contribution in [0.25, 0.3) is 11.0 Å². The molecule has 0 aliphatic heterocycles. The number of halogens is 3. The van der Waals surface area contributed by atoms with Gasteiger partial charge in [0.1, 0.15) is 12.1 Å². The van der Waals surface area contributed by atoms with Gasteiger partial charge in [0.2, 0.25) is 0 Å². The first-order valence-corrected chi connectivity index (χ1v) is 7.05. The molecule has 0 bridgehead atoms. The van der Waals surface area contributed by atoms with Crippen molar-refractivity contribution in [2.45, 2.75) is 12.2 Å². The summed E-state index contributed by atoms with van der Waals surface area (Å²) in [4.78, 5) is 8.16. The highest BCUT2D eigenvalue weighted by molar-refractivity contribution is 5.85. The van der Waals surface area contributed by atoms with Crippen molar-refractivity contribution in [3.05, 3.63) is 47.9 Å². The van der Waals surface area contributed by atoms with Gasteiger partial charge in [0.25, 0.3) is 0 Å². The molecule has 1 atom stereocenters. The SMILES string of the molecule is COC[C@@H](Nc1ncnc2[nH]ncc12)c1cccc(C(F)(F)F)c1. The minimum atomic E-state index is -4.40. The molecule has 0 amide bonds. The number of H-pyrrole nitrogens is 1. The van der Waals surface area contributed by atoms with Crippen molar-refractivity contribution in [2.75, 3.05) is 19.0 Å². The van der Waals surface area contributed by atoms with E-state index < -0.39 is 17.8 Å². The molecule has 0 fully saturated rings. The highest BCUT2D eigenvalue weighted by Crippen LogP contribution is 2.32. The summed E-state index contributed by atoms with van der Waals surface area (Å²) < 4.78 is 43.9. The topological polar surface area (TPSA) is 75.7 Å².